The molecule has 2 aliphatic rings. The Labute approximate surface area is 228 Å². The molecular formula is C30H39F3O6. The Hall–Kier alpha value is -2.84. The minimum Gasteiger partial charge on any atom is -0.462 e. The van der Waals surface area contributed by atoms with Gasteiger partial charge in [0.25, 0.3) is 0 Å². The van der Waals surface area contributed by atoms with Gasteiger partial charge in [-0.25, -0.2) is 18.0 Å². The summed E-state index contributed by atoms with van der Waals surface area (Å²) in [5.74, 6) is -3.70. The van der Waals surface area contributed by atoms with E-state index in [1.165, 1.54) is 6.92 Å². The van der Waals surface area contributed by atoms with Crippen molar-refractivity contribution in [3.05, 3.63) is 47.3 Å². The largest absolute Gasteiger partial charge is 0.462 e. The van der Waals surface area contributed by atoms with Crippen LogP contribution in [-0.2, 0) is 28.6 Å². The summed E-state index contributed by atoms with van der Waals surface area (Å²) in [5, 5.41) is 0. The Morgan fingerprint density at radius 1 is 0.795 bits per heavy atom. The number of carbonyl (C=O) groups excluding carboxylic acids is 3. The van der Waals surface area contributed by atoms with Crippen LogP contribution in [0.15, 0.2) is 24.3 Å². The second kappa shape index (κ2) is 15.1. The second-order valence-corrected chi connectivity index (χ2v) is 10.8. The third-order valence-corrected chi connectivity index (χ3v) is 7.87. The first-order valence-electron chi connectivity index (χ1n) is 14.0. The summed E-state index contributed by atoms with van der Waals surface area (Å²) in [4.78, 5) is 35.2. The van der Waals surface area contributed by atoms with Crippen molar-refractivity contribution in [1.82, 2.24) is 0 Å². The molecule has 9 heteroatoms. The van der Waals surface area contributed by atoms with Gasteiger partial charge in [0.2, 0.25) is 0 Å². The molecule has 0 bridgehead atoms. The van der Waals surface area contributed by atoms with E-state index >= 15 is 0 Å². The molecule has 2 saturated carbocycles. The van der Waals surface area contributed by atoms with Crippen LogP contribution >= 0.6 is 0 Å². The summed E-state index contributed by atoms with van der Waals surface area (Å²) < 4.78 is 56.0. The molecule has 1 aromatic rings. The van der Waals surface area contributed by atoms with Crippen molar-refractivity contribution in [3.63, 3.8) is 0 Å². The Balaban J connectivity index is 1.25. The summed E-state index contributed by atoms with van der Waals surface area (Å²) in [7, 11) is 0. The van der Waals surface area contributed by atoms with Gasteiger partial charge < -0.3 is 14.2 Å². The van der Waals surface area contributed by atoms with Crippen LogP contribution in [0.4, 0.5) is 13.2 Å². The second-order valence-electron chi connectivity index (χ2n) is 10.8. The van der Waals surface area contributed by atoms with Crippen LogP contribution in [0.1, 0.15) is 95.5 Å². The fourth-order valence-corrected chi connectivity index (χ4v) is 5.68. The molecule has 0 N–H and O–H groups in total. The molecule has 0 amide bonds. The van der Waals surface area contributed by atoms with Crippen LogP contribution in [0, 0.1) is 29.3 Å². The molecule has 1 aromatic carbocycles. The topological polar surface area (TPSA) is 78.9 Å². The van der Waals surface area contributed by atoms with Gasteiger partial charge >= 0.3 is 17.9 Å². The molecule has 0 atom stereocenters. The third-order valence-electron chi connectivity index (χ3n) is 7.87. The first-order valence-corrected chi connectivity index (χ1v) is 14.0. The normalized spacial score (nSPS) is 23.1. The van der Waals surface area contributed by atoms with Crippen LogP contribution in [0.25, 0.3) is 0 Å². The minimum absolute atomic E-state index is 0.0157. The molecule has 0 spiro atoms. The van der Waals surface area contributed by atoms with Gasteiger partial charge in [-0.2, -0.15) is 0 Å². The number of benzene rings is 1. The third kappa shape index (κ3) is 9.69. The summed E-state index contributed by atoms with van der Waals surface area (Å²) in [6.45, 7) is 4.96. The number of ether oxygens (including phenoxy) is 3. The standard InChI is InChI=1S/C30H39F3O6/c1-19(2)30(36)38-16-15-37-27(34)5-3-4-6-28(35)39-24-13-11-21(12-14-24)20-7-9-22(10-8-20)23-17-25(31)29(33)26(32)18-23/h17-18,20-22,24H,1,3-16H2,2H3/t20?,21-,22?,24-. The van der Waals surface area contributed by atoms with Gasteiger partial charge in [0, 0.05) is 18.4 Å². The average molecular weight is 553 g/mol. The van der Waals surface area contributed by atoms with Gasteiger partial charge in [0.15, 0.2) is 17.5 Å². The van der Waals surface area contributed by atoms with Crippen LogP contribution in [0.5, 0.6) is 0 Å². The van der Waals surface area contributed by atoms with E-state index in [0.29, 0.717) is 30.2 Å². The molecule has 0 saturated heterocycles. The SMILES string of the molecule is C=C(C)C(=O)OCCOC(=O)CCCCC(=O)O[C@H]1CC[C@H](C2CCC(c3cc(F)c(F)c(F)c3)CC2)CC1. The van der Waals surface area contributed by atoms with Crippen LogP contribution in [-0.4, -0.2) is 37.2 Å². The quantitative estimate of drug-likeness (QED) is 0.0944. The number of hydrogen-bond donors (Lipinski definition) is 0. The van der Waals surface area contributed by atoms with Gasteiger partial charge in [-0.05, 0) is 107 Å². The molecule has 6 nitrogen and oxygen atoms in total. The van der Waals surface area contributed by atoms with E-state index < -0.39 is 29.4 Å². The van der Waals surface area contributed by atoms with Crippen molar-refractivity contribution in [2.75, 3.05) is 13.2 Å². The highest BCUT2D eigenvalue weighted by atomic mass is 19.2. The highest BCUT2D eigenvalue weighted by molar-refractivity contribution is 5.86. The maximum Gasteiger partial charge on any atom is 0.333 e. The number of hydrogen-bond acceptors (Lipinski definition) is 6. The van der Waals surface area contributed by atoms with E-state index in [4.69, 9.17) is 14.2 Å². The molecule has 2 aliphatic carbocycles. The number of halogens is 3. The van der Waals surface area contributed by atoms with Crippen molar-refractivity contribution in [2.45, 2.75) is 96.0 Å². The number of carbonyl (C=O) groups is 3. The molecule has 2 fully saturated rings. The van der Waals surface area contributed by atoms with Gasteiger partial charge in [-0.15, -0.1) is 0 Å². The Kier molecular flexibility index (Phi) is 11.9. The number of esters is 3. The predicted octanol–water partition coefficient (Wildman–Crippen LogP) is 6.70. The molecule has 0 radical (unpaired) electrons. The van der Waals surface area contributed by atoms with Gasteiger partial charge in [-0.1, -0.05) is 6.58 Å². The summed E-state index contributed by atoms with van der Waals surface area (Å²) in [6, 6.07) is 2.25. The molecule has 39 heavy (non-hydrogen) atoms. The zero-order valence-electron chi connectivity index (χ0n) is 22.7. The Morgan fingerprint density at radius 3 is 1.87 bits per heavy atom. The fraction of sp³-hybridized carbons (Fsp3) is 0.633. The smallest absolute Gasteiger partial charge is 0.333 e. The lowest BCUT2D eigenvalue weighted by Crippen LogP contribution is -2.29. The van der Waals surface area contributed by atoms with E-state index in [1.807, 2.05) is 0 Å². The maximum absolute atomic E-state index is 13.6. The molecule has 3 rings (SSSR count). The average Bonchev–Trinajstić information content (AvgIpc) is 2.92. The highest BCUT2D eigenvalue weighted by Gasteiger charge is 2.32. The predicted molar refractivity (Wildman–Crippen MR) is 138 cm³/mol. The molecule has 0 aliphatic heterocycles. The van der Waals surface area contributed by atoms with Gasteiger partial charge in [-0.3, -0.25) is 9.59 Å². The lowest BCUT2D eigenvalue weighted by Gasteiger charge is -2.37. The summed E-state index contributed by atoms with van der Waals surface area (Å²) >= 11 is 0. The van der Waals surface area contributed by atoms with Crippen molar-refractivity contribution >= 4 is 17.9 Å². The maximum atomic E-state index is 13.6. The minimum atomic E-state index is -1.41. The molecule has 216 valence electrons. The zero-order chi connectivity index (χ0) is 28.4. The van der Waals surface area contributed by atoms with E-state index in [2.05, 4.69) is 6.58 Å². The number of rotatable bonds is 12. The van der Waals surface area contributed by atoms with Crippen molar-refractivity contribution in [2.24, 2.45) is 11.8 Å². The van der Waals surface area contributed by atoms with Crippen molar-refractivity contribution in [3.8, 4) is 0 Å². The van der Waals surface area contributed by atoms with Gasteiger partial charge in [0.1, 0.15) is 19.3 Å². The van der Waals surface area contributed by atoms with E-state index in [0.717, 1.165) is 63.5 Å². The van der Waals surface area contributed by atoms with E-state index in [9.17, 15) is 27.6 Å². The van der Waals surface area contributed by atoms with E-state index in [1.54, 1.807) is 0 Å². The Morgan fingerprint density at radius 2 is 1.31 bits per heavy atom. The molecular weight excluding hydrogens is 513 g/mol. The van der Waals surface area contributed by atoms with Gasteiger partial charge in [0.05, 0.1) is 0 Å². The van der Waals surface area contributed by atoms with Crippen LogP contribution < -0.4 is 0 Å². The first kappa shape index (κ1) is 30.7. The van der Waals surface area contributed by atoms with E-state index in [-0.39, 0.29) is 49.6 Å². The summed E-state index contributed by atoms with van der Waals surface area (Å²) in [6.07, 6.45) is 8.62. The monoisotopic (exact) mass is 552 g/mol. The number of unbranched alkanes of at least 4 members (excludes halogenated alkanes) is 1. The molecule has 0 aromatic heterocycles. The van der Waals surface area contributed by atoms with Crippen molar-refractivity contribution < 1.29 is 41.8 Å². The van der Waals surface area contributed by atoms with Crippen molar-refractivity contribution in [1.29, 1.82) is 0 Å². The zero-order valence-corrected chi connectivity index (χ0v) is 22.7. The lowest BCUT2D eigenvalue weighted by molar-refractivity contribution is -0.152. The van der Waals surface area contributed by atoms with Crippen LogP contribution in [0.3, 0.4) is 0 Å². The Bertz CT molecular complexity index is 987. The van der Waals surface area contributed by atoms with Crippen LogP contribution in [0.2, 0.25) is 0 Å². The molecule has 0 unspecified atom stereocenters. The first-order chi connectivity index (χ1) is 18.6. The molecule has 0 heterocycles. The lowest BCUT2D eigenvalue weighted by atomic mass is 9.69. The fourth-order valence-electron chi connectivity index (χ4n) is 5.68. The highest BCUT2D eigenvalue weighted by Crippen LogP contribution is 2.43. The summed E-state index contributed by atoms with van der Waals surface area (Å²) in [5.41, 5.74) is 0.821.